The van der Waals surface area contributed by atoms with Crippen LogP contribution < -0.4 is 26.2 Å². The fraction of sp³-hybridized carbons (Fsp3) is 0.333. The van der Waals surface area contributed by atoms with Gasteiger partial charge >= 0.3 is 5.97 Å². The van der Waals surface area contributed by atoms with Crippen molar-refractivity contribution in [2.75, 3.05) is 23.7 Å². The van der Waals surface area contributed by atoms with Crippen molar-refractivity contribution < 1.29 is 29.0 Å². The highest BCUT2D eigenvalue weighted by molar-refractivity contribution is 7.98. The van der Waals surface area contributed by atoms with Crippen molar-refractivity contribution in [2.45, 2.75) is 43.3 Å². The zero-order chi connectivity index (χ0) is 31.8. The van der Waals surface area contributed by atoms with Crippen LogP contribution in [0.5, 0.6) is 5.75 Å². The van der Waals surface area contributed by atoms with Crippen LogP contribution in [0.4, 0.5) is 11.4 Å². The van der Waals surface area contributed by atoms with Crippen molar-refractivity contribution in [1.82, 2.24) is 15.3 Å². The summed E-state index contributed by atoms with van der Waals surface area (Å²) >= 11 is 7.36. The van der Waals surface area contributed by atoms with Gasteiger partial charge in [-0.3, -0.25) is 14.4 Å². The molecule has 0 radical (unpaired) electrons. The van der Waals surface area contributed by atoms with E-state index in [0.717, 1.165) is 5.01 Å². The maximum atomic E-state index is 13.0. The van der Waals surface area contributed by atoms with E-state index >= 15 is 0 Å². The number of aromatic nitrogens is 2. The Hall–Kier alpha value is -4.20. The van der Waals surface area contributed by atoms with E-state index in [-0.39, 0.29) is 34.9 Å². The number of ether oxygens (including phenoxy) is 1. The van der Waals surface area contributed by atoms with Gasteiger partial charge in [-0.25, -0.2) is 25.6 Å². The molecule has 0 saturated heterocycles. The second kappa shape index (κ2) is 15.0. The summed E-state index contributed by atoms with van der Waals surface area (Å²) in [5.74, 6) is 3.70. The zero-order valence-electron chi connectivity index (χ0n) is 24.2. The number of carboxylic acid groups (broad SMARTS) is 1. The van der Waals surface area contributed by atoms with E-state index in [1.165, 1.54) is 18.0 Å². The topological polar surface area (TPSA) is 177 Å². The molecule has 0 aliphatic heterocycles. The van der Waals surface area contributed by atoms with Crippen molar-refractivity contribution in [3.05, 3.63) is 71.0 Å². The number of methoxy groups -OCH3 is 1. The normalized spacial score (nSPS) is 16.8. The lowest BCUT2D eigenvalue weighted by Crippen LogP contribution is -2.47. The van der Waals surface area contributed by atoms with E-state index in [9.17, 15) is 24.3 Å². The van der Waals surface area contributed by atoms with Crippen LogP contribution in [0.25, 0.3) is 0 Å². The summed E-state index contributed by atoms with van der Waals surface area (Å²) in [5, 5.41) is 16.8. The van der Waals surface area contributed by atoms with E-state index in [2.05, 4.69) is 20.6 Å². The van der Waals surface area contributed by atoms with E-state index in [1.807, 2.05) is 0 Å². The maximum absolute atomic E-state index is 13.0. The number of aliphatic carboxylic acids is 1. The van der Waals surface area contributed by atoms with Gasteiger partial charge in [0, 0.05) is 23.9 Å². The minimum absolute atomic E-state index is 0.0414. The van der Waals surface area contributed by atoms with Crippen molar-refractivity contribution >= 4 is 58.4 Å². The predicted octanol–water partition coefficient (Wildman–Crippen LogP) is 3.94. The predicted molar refractivity (Wildman–Crippen MR) is 167 cm³/mol. The van der Waals surface area contributed by atoms with Crippen LogP contribution in [-0.2, 0) is 20.8 Å². The molecule has 1 atom stereocenters. The van der Waals surface area contributed by atoms with Gasteiger partial charge in [0.25, 0.3) is 5.91 Å². The van der Waals surface area contributed by atoms with Crippen LogP contribution >= 0.6 is 23.4 Å². The number of benzene rings is 2. The Bertz CT molecular complexity index is 1500. The second-order valence-corrected chi connectivity index (χ2v) is 11.4. The number of carbonyl (C=O) groups excluding carboxylic acids is 3. The largest absolute Gasteiger partial charge is 0.497 e. The third kappa shape index (κ3) is 8.24. The molecular formula is C30H33ClN6O6S. The molecule has 0 unspecified atom stereocenters. The van der Waals surface area contributed by atoms with Gasteiger partial charge in [-0.05, 0) is 73.9 Å². The molecule has 12 nitrogen and oxygen atoms in total. The number of nitrogens with two attached hydrogens (primary N) is 1. The minimum Gasteiger partial charge on any atom is -0.497 e. The summed E-state index contributed by atoms with van der Waals surface area (Å²) in [6, 6.07) is 12.3. The van der Waals surface area contributed by atoms with E-state index in [0.29, 0.717) is 53.5 Å². The number of hydrazine groups is 1. The number of amides is 3. The monoisotopic (exact) mass is 640 g/mol. The molecule has 0 spiro atoms. The molecule has 1 fully saturated rings. The average molecular weight is 641 g/mol. The molecule has 1 heterocycles. The molecule has 3 aromatic rings. The van der Waals surface area contributed by atoms with Gasteiger partial charge in [0.2, 0.25) is 11.8 Å². The first-order valence-electron chi connectivity index (χ1n) is 13.8. The summed E-state index contributed by atoms with van der Waals surface area (Å²) in [6.07, 6.45) is 4.99. The van der Waals surface area contributed by atoms with E-state index < -0.39 is 23.8 Å². The molecule has 1 aliphatic rings. The third-order valence-corrected chi connectivity index (χ3v) is 8.26. The Balaban J connectivity index is 1.29. The number of hydrogen-bond acceptors (Lipinski definition) is 9. The van der Waals surface area contributed by atoms with Gasteiger partial charge in [-0.1, -0.05) is 35.5 Å². The summed E-state index contributed by atoms with van der Waals surface area (Å²) in [4.78, 5) is 58.8. The first-order chi connectivity index (χ1) is 21.1. The molecule has 5 N–H and O–H groups in total. The van der Waals surface area contributed by atoms with Crippen LogP contribution in [0.2, 0.25) is 5.02 Å². The number of nitrogens with zero attached hydrogens (tertiary/aromatic N) is 3. The SMILES string of the molecule is COc1ccc(N(N)C(=O)[C@H]2CC[C@H](C(=O)N[C@@H](Cc3ccc(NC(=O)c4nc(SC)ncc4Cl)cc3)C(=O)O)CC2)cc1. The molecular weight excluding hydrogens is 608 g/mol. The number of carboxylic acids is 1. The second-order valence-electron chi connectivity index (χ2n) is 10.3. The average Bonchev–Trinajstić information content (AvgIpc) is 3.04. The summed E-state index contributed by atoms with van der Waals surface area (Å²) < 4.78 is 5.14. The van der Waals surface area contributed by atoms with Crippen molar-refractivity contribution in [3.63, 3.8) is 0 Å². The van der Waals surface area contributed by atoms with Crippen molar-refractivity contribution in [3.8, 4) is 5.75 Å². The molecule has 44 heavy (non-hydrogen) atoms. The highest BCUT2D eigenvalue weighted by Gasteiger charge is 2.33. The van der Waals surface area contributed by atoms with Gasteiger partial charge in [0.05, 0.1) is 24.0 Å². The summed E-state index contributed by atoms with van der Waals surface area (Å²) in [5.41, 5.74) is 1.69. The first-order valence-corrected chi connectivity index (χ1v) is 15.4. The summed E-state index contributed by atoms with van der Waals surface area (Å²) in [6.45, 7) is 0. The molecule has 1 aliphatic carbocycles. The lowest BCUT2D eigenvalue weighted by Gasteiger charge is -2.30. The molecule has 3 amide bonds. The zero-order valence-corrected chi connectivity index (χ0v) is 25.7. The van der Waals surface area contributed by atoms with E-state index in [4.69, 9.17) is 22.2 Å². The Labute approximate surface area is 263 Å². The molecule has 1 aromatic heterocycles. The Morgan fingerprint density at radius 2 is 1.70 bits per heavy atom. The molecule has 2 aromatic carbocycles. The van der Waals surface area contributed by atoms with Crippen LogP contribution in [0.3, 0.4) is 0 Å². The van der Waals surface area contributed by atoms with Crippen LogP contribution in [0.15, 0.2) is 59.9 Å². The fourth-order valence-corrected chi connectivity index (χ4v) is 5.44. The van der Waals surface area contributed by atoms with Crippen LogP contribution in [0, 0.1) is 11.8 Å². The first kappa shape index (κ1) is 32.7. The van der Waals surface area contributed by atoms with Crippen LogP contribution in [0.1, 0.15) is 41.7 Å². The van der Waals surface area contributed by atoms with Gasteiger partial charge in [-0.2, -0.15) is 0 Å². The fourth-order valence-electron chi connectivity index (χ4n) is 4.92. The maximum Gasteiger partial charge on any atom is 0.326 e. The lowest BCUT2D eigenvalue weighted by atomic mass is 9.81. The van der Waals surface area contributed by atoms with Gasteiger partial charge in [-0.15, -0.1) is 0 Å². The number of hydrogen-bond donors (Lipinski definition) is 4. The number of rotatable bonds is 11. The third-order valence-electron chi connectivity index (χ3n) is 7.42. The highest BCUT2D eigenvalue weighted by Crippen LogP contribution is 2.31. The molecule has 0 bridgehead atoms. The van der Waals surface area contributed by atoms with E-state index in [1.54, 1.807) is 61.9 Å². The lowest BCUT2D eigenvalue weighted by molar-refractivity contribution is -0.142. The molecule has 232 valence electrons. The number of halogens is 1. The number of thioether (sulfide) groups is 1. The quantitative estimate of drug-likeness (QED) is 0.0789. The Morgan fingerprint density at radius 3 is 2.30 bits per heavy atom. The van der Waals surface area contributed by atoms with Gasteiger partial charge in [0.15, 0.2) is 10.9 Å². The Kier molecular flexibility index (Phi) is 11.1. The molecule has 14 heteroatoms. The highest BCUT2D eigenvalue weighted by atomic mass is 35.5. The standard InChI is InChI=1S/C30H33ClN6O6S/c1-43-22-13-11-21(12-14-22)37(32)28(40)19-7-5-18(6-8-19)26(38)35-24(29(41)42)15-17-3-9-20(10-4-17)34-27(39)25-23(31)16-33-30(36-25)44-2/h3-4,9-14,16,18-19,24H,5-8,15,32H2,1-2H3,(H,34,39)(H,35,38)(H,41,42)/t18-,19-,24-/m0/s1. The number of nitrogens with one attached hydrogen (secondary N) is 2. The molecule has 4 rings (SSSR count). The number of carbonyl (C=O) groups is 4. The van der Waals surface area contributed by atoms with Gasteiger partial charge < -0.3 is 20.5 Å². The van der Waals surface area contributed by atoms with Crippen molar-refractivity contribution in [1.29, 1.82) is 0 Å². The van der Waals surface area contributed by atoms with Crippen molar-refractivity contribution in [2.24, 2.45) is 17.7 Å². The Morgan fingerprint density at radius 1 is 1.07 bits per heavy atom. The van der Waals surface area contributed by atoms with Gasteiger partial charge in [0.1, 0.15) is 11.8 Å². The minimum atomic E-state index is -1.17. The number of anilines is 2. The smallest absolute Gasteiger partial charge is 0.326 e. The molecule has 1 saturated carbocycles. The summed E-state index contributed by atoms with van der Waals surface area (Å²) in [7, 11) is 1.55. The van der Waals surface area contributed by atoms with Crippen LogP contribution in [-0.4, -0.2) is 58.2 Å².